The number of benzene rings is 1. The molecule has 2 N–H and O–H groups in total. The predicted molar refractivity (Wildman–Crippen MR) is 93.5 cm³/mol. The minimum absolute atomic E-state index is 0.111. The van der Waals surface area contributed by atoms with Crippen LogP contribution >= 0.6 is 0 Å². The Balaban J connectivity index is 1.67. The van der Waals surface area contributed by atoms with Crippen LogP contribution in [0.25, 0.3) is 0 Å². The molecule has 6 heteroatoms. The third kappa shape index (κ3) is 4.00. The van der Waals surface area contributed by atoms with E-state index in [9.17, 15) is 19.5 Å². The average molecular weight is 344 g/mol. The highest BCUT2D eigenvalue weighted by atomic mass is 16.4. The van der Waals surface area contributed by atoms with Gasteiger partial charge in [0.15, 0.2) is 0 Å². The van der Waals surface area contributed by atoms with Crippen molar-refractivity contribution in [2.24, 2.45) is 5.92 Å². The molecule has 0 radical (unpaired) electrons. The van der Waals surface area contributed by atoms with Gasteiger partial charge in [-0.1, -0.05) is 19.3 Å². The van der Waals surface area contributed by atoms with Crippen molar-refractivity contribution in [3.63, 3.8) is 0 Å². The molecule has 0 unspecified atom stereocenters. The quantitative estimate of drug-likeness (QED) is 0.822. The van der Waals surface area contributed by atoms with E-state index in [1.54, 1.807) is 29.2 Å². The molecule has 0 spiro atoms. The van der Waals surface area contributed by atoms with Gasteiger partial charge in [0.25, 0.3) is 5.91 Å². The largest absolute Gasteiger partial charge is 0.481 e. The highest BCUT2D eigenvalue weighted by molar-refractivity contribution is 5.97. The van der Waals surface area contributed by atoms with Crippen LogP contribution in [0.4, 0.5) is 5.69 Å². The molecule has 1 aliphatic heterocycles. The van der Waals surface area contributed by atoms with Crippen LogP contribution in [-0.2, 0) is 9.59 Å². The van der Waals surface area contributed by atoms with E-state index >= 15 is 0 Å². The smallest absolute Gasteiger partial charge is 0.308 e. The molecule has 1 saturated carbocycles. The van der Waals surface area contributed by atoms with Crippen LogP contribution in [0.15, 0.2) is 24.3 Å². The van der Waals surface area contributed by atoms with Crippen molar-refractivity contribution in [1.29, 1.82) is 0 Å². The molecule has 0 aromatic heterocycles. The maximum Gasteiger partial charge on any atom is 0.308 e. The van der Waals surface area contributed by atoms with Gasteiger partial charge >= 0.3 is 5.97 Å². The van der Waals surface area contributed by atoms with Crippen molar-refractivity contribution in [3.05, 3.63) is 29.8 Å². The molecule has 6 nitrogen and oxygen atoms in total. The number of aliphatic carboxylic acids is 1. The number of carboxylic acid groups (broad SMARTS) is 1. The molecule has 25 heavy (non-hydrogen) atoms. The maximum absolute atomic E-state index is 12.5. The van der Waals surface area contributed by atoms with Crippen molar-refractivity contribution >= 4 is 23.5 Å². The van der Waals surface area contributed by atoms with Crippen LogP contribution in [-0.4, -0.2) is 35.5 Å². The molecule has 1 aromatic carbocycles. The highest BCUT2D eigenvalue weighted by Gasteiger charge is 2.31. The van der Waals surface area contributed by atoms with Gasteiger partial charge in [-0.25, -0.2) is 0 Å². The lowest BCUT2D eigenvalue weighted by molar-refractivity contribution is -0.142. The first-order valence-electron chi connectivity index (χ1n) is 9.00. The van der Waals surface area contributed by atoms with Gasteiger partial charge in [0.2, 0.25) is 5.91 Å². The molecule has 2 aliphatic rings. The van der Waals surface area contributed by atoms with Crippen LogP contribution < -0.4 is 10.2 Å². The summed E-state index contributed by atoms with van der Waals surface area (Å²) in [6.07, 6.45) is 5.57. The Bertz CT molecular complexity index is 656. The molecule has 2 amide bonds. The van der Waals surface area contributed by atoms with Gasteiger partial charge in [0.1, 0.15) is 0 Å². The zero-order chi connectivity index (χ0) is 17.8. The van der Waals surface area contributed by atoms with Crippen LogP contribution in [0.3, 0.4) is 0 Å². The summed E-state index contributed by atoms with van der Waals surface area (Å²) in [5.41, 5.74) is 1.29. The minimum atomic E-state index is -0.838. The molecule has 134 valence electrons. The van der Waals surface area contributed by atoms with Crippen LogP contribution in [0, 0.1) is 5.92 Å². The van der Waals surface area contributed by atoms with E-state index in [0.717, 1.165) is 31.4 Å². The topological polar surface area (TPSA) is 86.7 Å². The van der Waals surface area contributed by atoms with Crippen molar-refractivity contribution in [3.8, 4) is 0 Å². The van der Waals surface area contributed by atoms with E-state index in [-0.39, 0.29) is 17.9 Å². The lowest BCUT2D eigenvalue weighted by Gasteiger charge is -2.23. The maximum atomic E-state index is 12.5. The van der Waals surface area contributed by atoms with E-state index in [1.165, 1.54) is 0 Å². The van der Waals surface area contributed by atoms with E-state index in [4.69, 9.17) is 0 Å². The number of amides is 2. The summed E-state index contributed by atoms with van der Waals surface area (Å²) >= 11 is 0. The summed E-state index contributed by atoms with van der Waals surface area (Å²) in [7, 11) is 0. The van der Waals surface area contributed by atoms with E-state index in [2.05, 4.69) is 5.32 Å². The Morgan fingerprint density at radius 3 is 2.40 bits per heavy atom. The highest BCUT2D eigenvalue weighted by Crippen LogP contribution is 2.25. The van der Waals surface area contributed by atoms with Gasteiger partial charge < -0.3 is 15.3 Å². The lowest BCUT2D eigenvalue weighted by atomic mass is 9.94. The molecule has 0 bridgehead atoms. The van der Waals surface area contributed by atoms with Crippen LogP contribution in [0.2, 0.25) is 0 Å². The summed E-state index contributed by atoms with van der Waals surface area (Å²) in [6, 6.07) is 6.62. The first-order chi connectivity index (χ1) is 12.1. The Labute approximate surface area is 147 Å². The number of hydrogen-bond donors (Lipinski definition) is 2. The number of carboxylic acids is 1. The number of carbonyl (C=O) groups excluding carboxylic acids is 2. The molecule has 1 heterocycles. The van der Waals surface area contributed by atoms with Crippen LogP contribution in [0.5, 0.6) is 0 Å². The van der Waals surface area contributed by atoms with Crippen LogP contribution in [0.1, 0.15) is 55.3 Å². The van der Waals surface area contributed by atoms with Gasteiger partial charge in [-0.15, -0.1) is 0 Å². The summed E-state index contributed by atoms with van der Waals surface area (Å²) < 4.78 is 0. The Hall–Kier alpha value is -2.37. The van der Waals surface area contributed by atoms with Gasteiger partial charge in [-0.2, -0.15) is 0 Å². The molecule has 2 atom stereocenters. The first kappa shape index (κ1) is 17.5. The zero-order valence-electron chi connectivity index (χ0n) is 14.2. The predicted octanol–water partition coefficient (Wildman–Crippen LogP) is 2.58. The first-order valence-corrected chi connectivity index (χ1v) is 9.00. The molecule has 3 rings (SSSR count). The summed E-state index contributed by atoms with van der Waals surface area (Å²) in [6.45, 7) is 0.715. The fraction of sp³-hybridized carbons (Fsp3) is 0.526. The number of carbonyl (C=O) groups is 3. The van der Waals surface area contributed by atoms with E-state index in [0.29, 0.717) is 31.4 Å². The molecular weight excluding hydrogens is 320 g/mol. The third-order valence-electron chi connectivity index (χ3n) is 5.16. The molecule has 1 aliphatic carbocycles. The average Bonchev–Trinajstić information content (AvgIpc) is 2.89. The second-order valence-electron chi connectivity index (χ2n) is 6.86. The Kier molecular flexibility index (Phi) is 5.36. The lowest BCUT2D eigenvalue weighted by Crippen LogP contribution is -2.42. The number of hydrogen-bond acceptors (Lipinski definition) is 3. The molecule has 1 aromatic rings. The van der Waals surface area contributed by atoms with Gasteiger partial charge in [0.05, 0.1) is 5.92 Å². The van der Waals surface area contributed by atoms with Crippen molar-refractivity contribution in [1.82, 2.24) is 5.32 Å². The Morgan fingerprint density at radius 2 is 1.76 bits per heavy atom. The number of nitrogens with one attached hydrogen (secondary N) is 1. The standard InChI is InChI=1S/C19H24N2O4/c22-17-7-4-12-21(17)14-10-8-13(9-11-14)18(23)20-16-6-3-1-2-5-15(16)19(24)25/h8-11,15-16H,1-7,12H2,(H,20,23)(H,24,25)/t15-,16+/m1/s1. The summed E-state index contributed by atoms with van der Waals surface area (Å²) in [4.78, 5) is 37.5. The third-order valence-corrected chi connectivity index (χ3v) is 5.16. The van der Waals surface area contributed by atoms with Gasteiger partial charge in [-0.3, -0.25) is 14.4 Å². The van der Waals surface area contributed by atoms with Crippen molar-refractivity contribution in [2.45, 2.75) is 51.0 Å². The van der Waals surface area contributed by atoms with E-state index < -0.39 is 11.9 Å². The monoisotopic (exact) mass is 344 g/mol. The van der Waals surface area contributed by atoms with E-state index in [1.807, 2.05) is 0 Å². The SMILES string of the molecule is O=C(N[C@H]1CCCCC[C@H]1C(=O)O)c1ccc(N2CCCC2=O)cc1. The normalized spacial score (nSPS) is 24.0. The zero-order valence-corrected chi connectivity index (χ0v) is 14.2. The number of anilines is 1. The summed E-state index contributed by atoms with van der Waals surface area (Å²) in [5.74, 6) is -1.50. The van der Waals surface area contributed by atoms with Gasteiger partial charge in [-0.05, 0) is 43.5 Å². The molecule has 2 fully saturated rings. The van der Waals surface area contributed by atoms with Gasteiger partial charge in [0, 0.05) is 30.3 Å². The molecule has 1 saturated heterocycles. The second kappa shape index (κ2) is 7.68. The minimum Gasteiger partial charge on any atom is -0.481 e. The number of rotatable bonds is 4. The Morgan fingerprint density at radius 1 is 1.04 bits per heavy atom. The number of nitrogens with zero attached hydrogens (tertiary/aromatic N) is 1. The summed E-state index contributed by atoms with van der Waals surface area (Å²) in [5, 5.41) is 12.3. The molecular formula is C19H24N2O4. The second-order valence-corrected chi connectivity index (χ2v) is 6.86. The van der Waals surface area contributed by atoms with Crippen molar-refractivity contribution in [2.75, 3.05) is 11.4 Å². The fourth-order valence-electron chi connectivity index (χ4n) is 3.74. The van der Waals surface area contributed by atoms with Crippen molar-refractivity contribution < 1.29 is 19.5 Å². The fourth-order valence-corrected chi connectivity index (χ4v) is 3.74.